The van der Waals surface area contributed by atoms with E-state index in [1.807, 2.05) is 30.5 Å². The molecule has 1 saturated heterocycles. The number of aliphatic imine (C=N–C) groups is 1. The van der Waals surface area contributed by atoms with E-state index < -0.39 is 0 Å². The van der Waals surface area contributed by atoms with Gasteiger partial charge < -0.3 is 24.8 Å². The molecule has 1 aromatic heterocycles. The van der Waals surface area contributed by atoms with Gasteiger partial charge in [0.05, 0.1) is 5.00 Å². The van der Waals surface area contributed by atoms with Gasteiger partial charge >= 0.3 is 0 Å². The van der Waals surface area contributed by atoms with Crippen molar-refractivity contribution < 1.29 is 4.74 Å². The molecule has 29 heavy (non-hydrogen) atoms. The van der Waals surface area contributed by atoms with Crippen LogP contribution in [0.1, 0.15) is 5.56 Å². The standard InChI is InChI=1S/C21H31N5OS.HI/c1-22-21(26-11-9-25(10-12-26)20-8-5-15-28-20)23-17-18-6-4-7-19(16-18)27-14-13-24(2)3;/h4-8,15-16H,9-14,17H2,1-3H3,(H,22,23);1H. The third-order valence-corrected chi connectivity index (χ3v) is 5.69. The highest BCUT2D eigenvalue weighted by atomic mass is 127. The molecule has 8 heteroatoms. The van der Waals surface area contributed by atoms with Gasteiger partial charge in [-0.2, -0.15) is 0 Å². The van der Waals surface area contributed by atoms with Gasteiger partial charge in [0.1, 0.15) is 12.4 Å². The normalized spacial score (nSPS) is 14.7. The summed E-state index contributed by atoms with van der Waals surface area (Å²) in [4.78, 5) is 11.4. The van der Waals surface area contributed by atoms with Crippen molar-refractivity contribution >= 4 is 46.3 Å². The monoisotopic (exact) mass is 529 g/mol. The first kappa shape index (κ1) is 23.8. The summed E-state index contributed by atoms with van der Waals surface area (Å²) >= 11 is 1.81. The fraction of sp³-hybridized carbons (Fsp3) is 0.476. The first-order valence-electron chi connectivity index (χ1n) is 9.76. The third kappa shape index (κ3) is 7.35. The number of guanidine groups is 1. The molecule has 1 fully saturated rings. The Morgan fingerprint density at radius 3 is 2.62 bits per heavy atom. The summed E-state index contributed by atoms with van der Waals surface area (Å²) in [5, 5.41) is 7.00. The Balaban J connectivity index is 0.00000300. The van der Waals surface area contributed by atoms with Crippen LogP contribution in [-0.4, -0.2) is 76.2 Å². The molecule has 0 unspecified atom stereocenters. The number of ether oxygens (including phenoxy) is 1. The number of halogens is 1. The van der Waals surface area contributed by atoms with Crippen molar-refractivity contribution in [2.45, 2.75) is 6.54 Å². The number of likely N-dealkylation sites (N-methyl/N-ethyl adjacent to an activating group) is 1. The number of piperazine rings is 1. The lowest BCUT2D eigenvalue weighted by atomic mass is 10.2. The van der Waals surface area contributed by atoms with E-state index in [4.69, 9.17) is 4.74 Å². The van der Waals surface area contributed by atoms with Crippen LogP contribution in [0.2, 0.25) is 0 Å². The van der Waals surface area contributed by atoms with Crippen LogP contribution in [-0.2, 0) is 6.54 Å². The Morgan fingerprint density at radius 2 is 1.97 bits per heavy atom. The highest BCUT2D eigenvalue weighted by Gasteiger charge is 2.20. The highest BCUT2D eigenvalue weighted by molar-refractivity contribution is 14.0. The Labute approximate surface area is 195 Å². The van der Waals surface area contributed by atoms with Crippen LogP contribution < -0.4 is 15.0 Å². The molecule has 1 aliphatic heterocycles. The number of nitrogens with zero attached hydrogens (tertiary/aromatic N) is 4. The Bertz CT molecular complexity index is 745. The van der Waals surface area contributed by atoms with E-state index in [2.05, 4.69) is 68.7 Å². The topological polar surface area (TPSA) is 43.3 Å². The Kier molecular flexibility index (Phi) is 10.0. The van der Waals surface area contributed by atoms with E-state index in [9.17, 15) is 0 Å². The summed E-state index contributed by atoms with van der Waals surface area (Å²) in [5.41, 5.74) is 1.20. The fourth-order valence-electron chi connectivity index (χ4n) is 3.19. The molecule has 0 bridgehead atoms. The molecule has 0 spiro atoms. The van der Waals surface area contributed by atoms with Gasteiger partial charge in [-0.15, -0.1) is 35.3 Å². The highest BCUT2D eigenvalue weighted by Crippen LogP contribution is 2.22. The molecular formula is C21H32IN5OS. The van der Waals surface area contributed by atoms with Crippen molar-refractivity contribution in [2.24, 2.45) is 4.99 Å². The Hall–Kier alpha value is -1.52. The van der Waals surface area contributed by atoms with Crippen LogP contribution in [0, 0.1) is 0 Å². The minimum absolute atomic E-state index is 0. The van der Waals surface area contributed by atoms with Crippen LogP contribution in [0.5, 0.6) is 5.75 Å². The van der Waals surface area contributed by atoms with Crippen molar-refractivity contribution in [3.63, 3.8) is 0 Å². The van der Waals surface area contributed by atoms with Crippen LogP contribution in [0.4, 0.5) is 5.00 Å². The van der Waals surface area contributed by atoms with Crippen molar-refractivity contribution in [1.29, 1.82) is 0 Å². The SMILES string of the molecule is CN=C(NCc1cccc(OCCN(C)C)c1)N1CCN(c2cccs2)CC1.I. The first-order valence-corrected chi connectivity index (χ1v) is 10.6. The molecule has 1 aliphatic rings. The number of thiophene rings is 1. The minimum Gasteiger partial charge on any atom is -0.492 e. The number of hydrogen-bond donors (Lipinski definition) is 1. The van der Waals surface area contributed by atoms with Crippen LogP contribution >= 0.6 is 35.3 Å². The molecule has 1 N–H and O–H groups in total. The molecule has 6 nitrogen and oxygen atoms in total. The molecule has 1 aromatic carbocycles. The molecule has 160 valence electrons. The summed E-state index contributed by atoms with van der Waals surface area (Å²) in [5.74, 6) is 1.88. The van der Waals surface area contributed by atoms with E-state index >= 15 is 0 Å². The van der Waals surface area contributed by atoms with Crippen LogP contribution in [0.3, 0.4) is 0 Å². The second kappa shape index (κ2) is 12.2. The maximum absolute atomic E-state index is 5.84. The largest absolute Gasteiger partial charge is 0.492 e. The van der Waals surface area contributed by atoms with Gasteiger partial charge in [0.15, 0.2) is 5.96 Å². The maximum Gasteiger partial charge on any atom is 0.194 e. The van der Waals surface area contributed by atoms with Gasteiger partial charge in [-0.05, 0) is 49.3 Å². The molecule has 0 aliphatic carbocycles. The molecule has 2 aromatic rings. The molecular weight excluding hydrogens is 497 g/mol. The number of nitrogens with one attached hydrogen (secondary N) is 1. The van der Waals surface area contributed by atoms with Crippen molar-refractivity contribution in [3.05, 3.63) is 47.3 Å². The van der Waals surface area contributed by atoms with Gasteiger partial charge in [0.2, 0.25) is 0 Å². The summed E-state index contributed by atoms with van der Waals surface area (Å²) in [6.07, 6.45) is 0. The smallest absolute Gasteiger partial charge is 0.194 e. The molecule has 0 atom stereocenters. The predicted octanol–water partition coefficient (Wildman–Crippen LogP) is 3.20. The van der Waals surface area contributed by atoms with Crippen molar-refractivity contribution in [1.82, 2.24) is 15.1 Å². The number of rotatable bonds is 7. The molecule has 0 saturated carbocycles. The lowest BCUT2D eigenvalue weighted by Gasteiger charge is -2.37. The Morgan fingerprint density at radius 1 is 1.17 bits per heavy atom. The zero-order valence-electron chi connectivity index (χ0n) is 17.5. The molecule has 0 radical (unpaired) electrons. The predicted molar refractivity (Wildman–Crippen MR) is 134 cm³/mol. The van der Waals surface area contributed by atoms with Crippen LogP contribution in [0.15, 0.2) is 46.8 Å². The van der Waals surface area contributed by atoms with Gasteiger partial charge in [0.25, 0.3) is 0 Å². The fourth-order valence-corrected chi connectivity index (χ4v) is 3.98. The lowest BCUT2D eigenvalue weighted by Crippen LogP contribution is -2.52. The molecule has 2 heterocycles. The summed E-state index contributed by atoms with van der Waals surface area (Å²) in [6, 6.07) is 12.6. The van der Waals surface area contributed by atoms with Gasteiger partial charge in [-0.25, -0.2) is 0 Å². The van der Waals surface area contributed by atoms with E-state index in [1.165, 1.54) is 10.6 Å². The molecule has 3 rings (SSSR count). The number of benzene rings is 1. The van der Waals surface area contributed by atoms with E-state index in [-0.39, 0.29) is 24.0 Å². The second-order valence-corrected chi connectivity index (χ2v) is 8.05. The zero-order chi connectivity index (χ0) is 19.8. The number of anilines is 1. The average molecular weight is 529 g/mol. The number of hydrogen-bond acceptors (Lipinski definition) is 5. The summed E-state index contributed by atoms with van der Waals surface area (Å²) < 4.78 is 5.84. The first-order chi connectivity index (χ1) is 13.7. The van der Waals surface area contributed by atoms with Gasteiger partial charge in [-0.1, -0.05) is 12.1 Å². The second-order valence-electron chi connectivity index (χ2n) is 7.13. The van der Waals surface area contributed by atoms with E-state index in [1.54, 1.807) is 0 Å². The van der Waals surface area contributed by atoms with Gasteiger partial charge in [-0.3, -0.25) is 4.99 Å². The quantitative estimate of drug-likeness (QED) is 0.339. The van der Waals surface area contributed by atoms with E-state index in [0.717, 1.165) is 51.0 Å². The molecule has 0 amide bonds. The lowest BCUT2D eigenvalue weighted by molar-refractivity contribution is 0.261. The van der Waals surface area contributed by atoms with E-state index in [0.29, 0.717) is 6.61 Å². The van der Waals surface area contributed by atoms with Gasteiger partial charge in [0, 0.05) is 46.3 Å². The summed E-state index contributed by atoms with van der Waals surface area (Å²) in [6.45, 7) is 6.35. The minimum atomic E-state index is 0. The van der Waals surface area contributed by atoms with Crippen molar-refractivity contribution in [2.75, 3.05) is 65.4 Å². The maximum atomic E-state index is 5.84. The summed E-state index contributed by atoms with van der Waals surface area (Å²) in [7, 11) is 5.96. The van der Waals surface area contributed by atoms with Crippen molar-refractivity contribution in [3.8, 4) is 5.75 Å². The zero-order valence-corrected chi connectivity index (χ0v) is 20.7. The van der Waals surface area contributed by atoms with Crippen LogP contribution in [0.25, 0.3) is 0 Å². The average Bonchev–Trinajstić information content (AvgIpc) is 3.24. The third-order valence-electron chi connectivity index (χ3n) is 4.77.